The van der Waals surface area contributed by atoms with Crippen molar-refractivity contribution in [3.05, 3.63) is 21.4 Å². The SMILES string of the molecule is CCCc1cc(C(=O)NCC(F)(F)CO)sc1C. The molecular weight excluding hydrogens is 260 g/mol. The summed E-state index contributed by atoms with van der Waals surface area (Å²) in [7, 11) is 0. The quantitative estimate of drug-likeness (QED) is 0.838. The van der Waals surface area contributed by atoms with Crippen molar-refractivity contribution >= 4 is 17.2 Å². The standard InChI is InChI=1S/C12H17F2NO2S/c1-3-4-9-5-10(18-8(9)2)11(17)15-6-12(13,14)7-16/h5,16H,3-4,6-7H2,1-2H3,(H,15,17). The first-order valence-corrected chi connectivity index (χ1v) is 6.57. The molecule has 18 heavy (non-hydrogen) atoms. The zero-order chi connectivity index (χ0) is 13.8. The monoisotopic (exact) mass is 277 g/mol. The van der Waals surface area contributed by atoms with Crippen LogP contribution in [-0.4, -0.2) is 30.1 Å². The van der Waals surface area contributed by atoms with E-state index >= 15 is 0 Å². The summed E-state index contributed by atoms with van der Waals surface area (Å²) in [5, 5.41) is 10.5. The van der Waals surface area contributed by atoms with Crippen LogP contribution in [0.4, 0.5) is 8.78 Å². The molecule has 0 aliphatic carbocycles. The van der Waals surface area contributed by atoms with Crippen LogP contribution in [0.3, 0.4) is 0 Å². The Labute approximate surface area is 109 Å². The molecule has 1 amide bonds. The lowest BCUT2D eigenvalue weighted by atomic mass is 10.1. The van der Waals surface area contributed by atoms with Crippen molar-refractivity contribution in [1.82, 2.24) is 5.32 Å². The number of alkyl halides is 2. The second-order valence-electron chi connectivity index (χ2n) is 4.14. The molecule has 1 aromatic heterocycles. The third kappa shape index (κ3) is 4.03. The van der Waals surface area contributed by atoms with E-state index in [1.54, 1.807) is 6.07 Å². The molecule has 0 aromatic carbocycles. The lowest BCUT2D eigenvalue weighted by molar-refractivity contribution is -0.0461. The van der Waals surface area contributed by atoms with Gasteiger partial charge < -0.3 is 10.4 Å². The van der Waals surface area contributed by atoms with Crippen LogP contribution in [0, 0.1) is 6.92 Å². The highest BCUT2D eigenvalue weighted by atomic mass is 32.1. The summed E-state index contributed by atoms with van der Waals surface area (Å²) in [4.78, 5) is 13.1. The first-order valence-electron chi connectivity index (χ1n) is 5.76. The van der Waals surface area contributed by atoms with Gasteiger partial charge in [-0.05, 0) is 25.0 Å². The molecule has 1 aromatic rings. The molecule has 0 saturated heterocycles. The molecule has 1 rings (SSSR count). The predicted molar refractivity (Wildman–Crippen MR) is 67.4 cm³/mol. The number of aliphatic hydroxyl groups is 1. The van der Waals surface area contributed by atoms with E-state index < -0.39 is 25.0 Å². The molecule has 6 heteroatoms. The lowest BCUT2D eigenvalue weighted by Crippen LogP contribution is -2.38. The summed E-state index contributed by atoms with van der Waals surface area (Å²) < 4.78 is 25.5. The number of aliphatic hydroxyl groups excluding tert-OH is 1. The molecule has 0 bridgehead atoms. The number of aryl methyl sites for hydroxylation is 2. The molecule has 3 nitrogen and oxygen atoms in total. The smallest absolute Gasteiger partial charge is 0.287 e. The Kier molecular flexibility index (Phi) is 5.22. The summed E-state index contributed by atoms with van der Waals surface area (Å²) in [6.07, 6.45) is 1.85. The van der Waals surface area contributed by atoms with E-state index in [1.165, 1.54) is 11.3 Å². The van der Waals surface area contributed by atoms with E-state index in [1.807, 2.05) is 13.8 Å². The van der Waals surface area contributed by atoms with Crippen LogP contribution in [0.5, 0.6) is 0 Å². The van der Waals surface area contributed by atoms with Gasteiger partial charge in [0.05, 0.1) is 11.4 Å². The van der Waals surface area contributed by atoms with Gasteiger partial charge in [-0.15, -0.1) is 11.3 Å². The van der Waals surface area contributed by atoms with E-state index in [0.29, 0.717) is 4.88 Å². The van der Waals surface area contributed by atoms with Gasteiger partial charge in [-0.3, -0.25) is 4.79 Å². The van der Waals surface area contributed by atoms with Gasteiger partial charge in [-0.2, -0.15) is 0 Å². The normalized spacial score (nSPS) is 11.6. The average Bonchev–Trinajstić information content (AvgIpc) is 2.69. The van der Waals surface area contributed by atoms with Crippen molar-refractivity contribution < 1.29 is 18.7 Å². The van der Waals surface area contributed by atoms with Gasteiger partial charge in [0.25, 0.3) is 11.8 Å². The topological polar surface area (TPSA) is 49.3 Å². The Morgan fingerprint density at radius 2 is 2.22 bits per heavy atom. The minimum absolute atomic E-state index is 0.435. The number of hydrogen-bond donors (Lipinski definition) is 2. The summed E-state index contributed by atoms with van der Waals surface area (Å²) >= 11 is 1.30. The number of hydrogen-bond acceptors (Lipinski definition) is 3. The summed E-state index contributed by atoms with van der Waals surface area (Å²) in [5.41, 5.74) is 1.08. The van der Waals surface area contributed by atoms with Gasteiger partial charge in [0.2, 0.25) is 0 Å². The fraction of sp³-hybridized carbons (Fsp3) is 0.583. The number of thiophene rings is 1. The molecule has 0 spiro atoms. The zero-order valence-corrected chi connectivity index (χ0v) is 11.2. The van der Waals surface area contributed by atoms with Crippen molar-refractivity contribution in [3.63, 3.8) is 0 Å². The molecule has 0 unspecified atom stereocenters. The van der Waals surface area contributed by atoms with Crippen LogP contribution in [0.1, 0.15) is 33.5 Å². The maximum Gasteiger partial charge on any atom is 0.287 e. The second-order valence-corrected chi connectivity index (χ2v) is 5.40. The number of carbonyl (C=O) groups is 1. The minimum atomic E-state index is -3.27. The highest BCUT2D eigenvalue weighted by Crippen LogP contribution is 2.23. The van der Waals surface area contributed by atoms with Crippen LogP contribution < -0.4 is 5.32 Å². The maximum atomic E-state index is 12.8. The average molecular weight is 277 g/mol. The molecule has 1 heterocycles. The van der Waals surface area contributed by atoms with E-state index in [4.69, 9.17) is 5.11 Å². The van der Waals surface area contributed by atoms with Crippen molar-refractivity contribution in [2.75, 3.05) is 13.2 Å². The third-order valence-corrected chi connectivity index (χ3v) is 3.59. The largest absolute Gasteiger partial charge is 0.390 e. The predicted octanol–water partition coefficient (Wildman–Crippen LogP) is 2.37. The molecule has 102 valence electrons. The van der Waals surface area contributed by atoms with Gasteiger partial charge >= 0.3 is 0 Å². The fourth-order valence-electron chi connectivity index (χ4n) is 1.50. The summed E-state index contributed by atoms with van der Waals surface area (Å²) in [6.45, 7) is 1.84. The number of nitrogens with one attached hydrogen (secondary N) is 1. The van der Waals surface area contributed by atoms with Gasteiger partial charge in [0.1, 0.15) is 6.61 Å². The fourth-order valence-corrected chi connectivity index (χ4v) is 2.49. The summed E-state index contributed by atoms with van der Waals surface area (Å²) in [5.74, 6) is -3.78. The first kappa shape index (κ1) is 15.0. The third-order valence-electron chi connectivity index (χ3n) is 2.50. The van der Waals surface area contributed by atoms with E-state index in [0.717, 1.165) is 23.3 Å². The Bertz CT molecular complexity index is 418. The number of halogens is 2. The molecule has 0 radical (unpaired) electrons. The van der Waals surface area contributed by atoms with Crippen molar-refractivity contribution in [2.45, 2.75) is 32.6 Å². The highest BCUT2D eigenvalue weighted by Gasteiger charge is 2.28. The van der Waals surface area contributed by atoms with E-state index in [9.17, 15) is 13.6 Å². The summed E-state index contributed by atoms with van der Waals surface area (Å²) in [6, 6.07) is 1.75. The van der Waals surface area contributed by atoms with Crippen LogP contribution >= 0.6 is 11.3 Å². The highest BCUT2D eigenvalue weighted by molar-refractivity contribution is 7.14. The van der Waals surface area contributed by atoms with E-state index in [-0.39, 0.29) is 0 Å². The minimum Gasteiger partial charge on any atom is -0.390 e. The second kappa shape index (κ2) is 6.24. The maximum absolute atomic E-state index is 12.8. The van der Waals surface area contributed by atoms with Gasteiger partial charge in [0.15, 0.2) is 0 Å². The van der Waals surface area contributed by atoms with Crippen LogP contribution in [0.2, 0.25) is 0 Å². The number of carbonyl (C=O) groups excluding carboxylic acids is 1. The van der Waals surface area contributed by atoms with Gasteiger partial charge in [-0.1, -0.05) is 13.3 Å². The Morgan fingerprint density at radius 1 is 1.56 bits per heavy atom. The lowest BCUT2D eigenvalue weighted by Gasteiger charge is -2.13. The van der Waals surface area contributed by atoms with Crippen molar-refractivity contribution in [1.29, 1.82) is 0 Å². The van der Waals surface area contributed by atoms with Crippen LogP contribution in [0.25, 0.3) is 0 Å². The van der Waals surface area contributed by atoms with Crippen LogP contribution in [0.15, 0.2) is 6.07 Å². The van der Waals surface area contributed by atoms with E-state index in [2.05, 4.69) is 5.32 Å². The number of amides is 1. The van der Waals surface area contributed by atoms with Gasteiger partial charge in [-0.25, -0.2) is 8.78 Å². The van der Waals surface area contributed by atoms with Crippen molar-refractivity contribution in [3.8, 4) is 0 Å². The number of rotatable bonds is 6. The molecule has 0 saturated carbocycles. The Morgan fingerprint density at radius 3 is 2.78 bits per heavy atom. The molecule has 0 aliphatic heterocycles. The first-order chi connectivity index (χ1) is 8.39. The molecule has 0 aliphatic rings. The molecule has 2 N–H and O–H groups in total. The molecule has 0 atom stereocenters. The Balaban J connectivity index is 2.64. The Hall–Kier alpha value is -1.01. The molecular formula is C12H17F2NO2S. The van der Waals surface area contributed by atoms with Crippen molar-refractivity contribution in [2.24, 2.45) is 0 Å². The zero-order valence-electron chi connectivity index (χ0n) is 10.4. The van der Waals surface area contributed by atoms with Crippen LogP contribution in [-0.2, 0) is 6.42 Å². The molecule has 0 fully saturated rings. The van der Waals surface area contributed by atoms with Gasteiger partial charge in [0, 0.05) is 4.88 Å².